The van der Waals surface area contributed by atoms with E-state index in [1.807, 2.05) is 31.8 Å². The molecule has 0 saturated heterocycles. The second kappa shape index (κ2) is 5.45. The van der Waals surface area contributed by atoms with Gasteiger partial charge in [0.2, 0.25) is 0 Å². The van der Waals surface area contributed by atoms with E-state index in [0.29, 0.717) is 0 Å². The number of ether oxygens (including phenoxy) is 1. The lowest BCUT2D eigenvalue weighted by atomic mass is 9.95. The first-order valence-electron chi connectivity index (χ1n) is 6.38. The van der Waals surface area contributed by atoms with Crippen LogP contribution >= 0.6 is 0 Å². The van der Waals surface area contributed by atoms with Gasteiger partial charge in [0, 0.05) is 18.8 Å². The van der Waals surface area contributed by atoms with E-state index in [4.69, 9.17) is 4.74 Å². The molecule has 2 aromatic rings. The van der Waals surface area contributed by atoms with Gasteiger partial charge in [0.1, 0.15) is 5.75 Å². The molecular formula is C15H21N3O. The normalized spacial score (nSPS) is 12.5. The third-order valence-electron chi connectivity index (χ3n) is 3.44. The van der Waals surface area contributed by atoms with Gasteiger partial charge in [-0.25, -0.2) is 0 Å². The summed E-state index contributed by atoms with van der Waals surface area (Å²) in [5.74, 6) is 0.888. The van der Waals surface area contributed by atoms with Gasteiger partial charge in [-0.3, -0.25) is 4.68 Å². The van der Waals surface area contributed by atoms with Crippen molar-refractivity contribution in [3.05, 3.63) is 46.8 Å². The van der Waals surface area contributed by atoms with Crippen LogP contribution in [0.25, 0.3) is 0 Å². The molecule has 1 heterocycles. The SMILES string of the molecule is CNC(c1ccc(OC)cc1C)c1cn(C)nc1C. The van der Waals surface area contributed by atoms with Crippen LogP contribution in [0.3, 0.4) is 0 Å². The Morgan fingerprint density at radius 1 is 1.26 bits per heavy atom. The van der Waals surface area contributed by atoms with E-state index < -0.39 is 0 Å². The monoisotopic (exact) mass is 259 g/mol. The molecule has 1 atom stereocenters. The minimum atomic E-state index is 0.152. The highest BCUT2D eigenvalue weighted by atomic mass is 16.5. The predicted molar refractivity (Wildman–Crippen MR) is 76.6 cm³/mol. The summed E-state index contributed by atoms with van der Waals surface area (Å²) in [5.41, 5.74) is 4.72. The molecule has 1 N–H and O–H groups in total. The third-order valence-corrected chi connectivity index (χ3v) is 3.44. The second-order valence-corrected chi connectivity index (χ2v) is 4.79. The Bertz CT molecular complexity index is 575. The van der Waals surface area contributed by atoms with Crippen LogP contribution in [0, 0.1) is 13.8 Å². The lowest BCUT2D eigenvalue weighted by molar-refractivity contribution is 0.414. The van der Waals surface area contributed by atoms with Gasteiger partial charge in [-0.05, 0) is 44.2 Å². The number of aryl methyl sites for hydroxylation is 3. The average molecular weight is 259 g/mol. The predicted octanol–water partition coefficient (Wildman–Crippen LogP) is 2.35. The average Bonchev–Trinajstić information content (AvgIpc) is 2.71. The largest absolute Gasteiger partial charge is 0.497 e. The van der Waals surface area contributed by atoms with Gasteiger partial charge >= 0.3 is 0 Å². The second-order valence-electron chi connectivity index (χ2n) is 4.79. The van der Waals surface area contributed by atoms with E-state index in [1.54, 1.807) is 7.11 Å². The summed E-state index contributed by atoms with van der Waals surface area (Å²) < 4.78 is 7.12. The molecule has 2 rings (SSSR count). The Kier molecular flexibility index (Phi) is 3.90. The van der Waals surface area contributed by atoms with Gasteiger partial charge < -0.3 is 10.1 Å². The molecule has 0 aliphatic heterocycles. The lowest BCUT2D eigenvalue weighted by Gasteiger charge is -2.19. The lowest BCUT2D eigenvalue weighted by Crippen LogP contribution is -2.19. The van der Waals surface area contributed by atoms with Gasteiger partial charge in [0.05, 0.1) is 18.8 Å². The summed E-state index contributed by atoms with van der Waals surface area (Å²) in [5, 5.41) is 7.79. The molecule has 102 valence electrons. The smallest absolute Gasteiger partial charge is 0.119 e. The van der Waals surface area contributed by atoms with E-state index in [9.17, 15) is 0 Å². The molecule has 19 heavy (non-hydrogen) atoms. The number of methoxy groups -OCH3 is 1. The Balaban J connectivity index is 2.45. The first-order valence-corrected chi connectivity index (χ1v) is 6.38. The van der Waals surface area contributed by atoms with Gasteiger partial charge in [-0.1, -0.05) is 6.07 Å². The standard InChI is InChI=1S/C15H21N3O/c1-10-8-12(19-5)6-7-13(10)15(16-3)14-9-18(4)17-11(14)2/h6-9,15-16H,1-5H3. The van der Waals surface area contributed by atoms with Crippen molar-refractivity contribution >= 4 is 0 Å². The minimum absolute atomic E-state index is 0.152. The maximum Gasteiger partial charge on any atom is 0.119 e. The van der Waals surface area contributed by atoms with E-state index in [1.165, 1.54) is 16.7 Å². The van der Waals surface area contributed by atoms with Crippen LogP contribution in [0.4, 0.5) is 0 Å². The number of aromatic nitrogens is 2. The number of hydrogen-bond acceptors (Lipinski definition) is 3. The van der Waals surface area contributed by atoms with Crippen molar-refractivity contribution < 1.29 is 4.74 Å². The number of hydrogen-bond donors (Lipinski definition) is 1. The Morgan fingerprint density at radius 3 is 2.47 bits per heavy atom. The highest BCUT2D eigenvalue weighted by molar-refractivity contribution is 5.41. The summed E-state index contributed by atoms with van der Waals surface area (Å²) in [6.45, 7) is 4.15. The molecule has 0 radical (unpaired) electrons. The molecule has 0 fully saturated rings. The van der Waals surface area contributed by atoms with E-state index in [0.717, 1.165) is 11.4 Å². The maximum atomic E-state index is 5.26. The zero-order valence-electron chi connectivity index (χ0n) is 12.2. The van der Waals surface area contributed by atoms with Gasteiger partial charge in [-0.15, -0.1) is 0 Å². The van der Waals surface area contributed by atoms with Crippen LogP contribution in [0.5, 0.6) is 5.75 Å². The quantitative estimate of drug-likeness (QED) is 0.916. The summed E-state index contributed by atoms with van der Waals surface area (Å²) in [4.78, 5) is 0. The first-order chi connectivity index (χ1) is 9.06. The fraction of sp³-hybridized carbons (Fsp3) is 0.400. The van der Waals surface area contributed by atoms with Gasteiger partial charge in [0.25, 0.3) is 0 Å². The van der Waals surface area contributed by atoms with Gasteiger partial charge in [0.15, 0.2) is 0 Å². The Labute approximate surface area is 114 Å². The number of benzene rings is 1. The number of nitrogens with zero attached hydrogens (tertiary/aromatic N) is 2. The van der Waals surface area contributed by atoms with Crippen LogP contribution in [0.2, 0.25) is 0 Å². The van der Waals surface area contributed by atoms with Crippen molar-refractivity contribution in [1.82, 2.24) is 15.1 Å². The van der Waals surface area contributed by atoms with Gasteiger partial charge in [-0.2, -0.15) is 5.10 Å². The highest BCUT2D eigenvalue weighted by Gasteiger charge is 2.18. The van der Waals surface area contributed by atoms with Crippen LogP contribution in [0.15, 0.2) is 24.4 Å². The molecule has 0 amide bonds. The molecule has 0 bridgehead atoms. The summed E-state index contributed by atoms with van der Waals surface area (Å²) in [6, 6.07) is 6.32. The third kappa shape index (κ3) is 2.63. The molecular weight excluding hydrogens is 238 g/mol. The zero-order chi connectivity index (χ0) is 14.0. The van der Waals surface area contributed by atoms with Crippen molar-refractivity contribution in [3.8, 4) is 5.75 Å². The summed E-state index contributed by atoms with van der Waals surface area (Å²) in [7, 11) is 5.61. The molecule has 0 aliphatic rings. The van der Waals surface area contributed by atoms with E-state index >= 15 is 0 Å². The minimum Gasteiger partial charge on any atom is -0.497 e. The van der Waals surface area contributed by atoms with Crippen molar-refractivity contribution in [3.63, 3.8) is 0 Å². The van der Waals surface area contributed by atoms with Crippen molar-refractivity contribution in [2.24, 2.45) is 7.05 Å². The summed E-state index contributed by atoms with van der Waals surface area (Å²) in [6.07, 6.45) is 2.07. The topological polar surface area (TPSA) is 39.1 Å². The molecule has 1 aromatic carbocycles. The molecule has 0 spiro atoms. The number of nitrogens with one attached hydrogen (secondary N) is 1. The highest BCUT2D eigenvalue weighted by Crippen LogP contribution is 2.28. The summed E-state index contributed by atoms with van der Waals surface area (Å²) >= 11 is 0. The van der Waals surface area contributed by atoms with Crippen LogP contribution in [-0.4, -0.2) is 23.9 Å². The van der Waals surface area contributed by atoms with Crippen molar-refractivity contribution in [2.45, 2.75) is 19.9 Å². The fourth-order valence-electron chi connectivity index (χ4n) is 2.48. The van der Waals surface area contributed by atoms with Crippen molar-refractivity contribution in [2.75, 3.05) is 14.2 Å². The first kappa shape index (κ1) is 13.6. The van der Waals surface area contributed by atoms with E-state index in [-0.39, 0.29) is 6.04 Å². The molecule has 4 nitrogen and oxygen atoms in total. The Hall–Kier alpha value is -1.81. The molecule has 0 aliphatic carbocycles. The van der Waals surface area contributed by atoms with Crippen LogP contribution < -0.4 is 10.1 Å². The van der Waals surface area contributed by atoms with Crippen LogP contribution in [0.1, 0.15) is 28.4 Å². The Morgan fingerprint density at radius 2 is 2.00 bits per heavy atom. The molecule has 1 aromatic heterocycles. The molecule has 1 unspecified atom stereocenters. The molecule has 4 heteroatoms. The van der Waals surface area contributed by atoms with Crippen molar-refractivity contribution in [1.29, 1.82) is 0 Å². The maximum absolute atomic E-state index is 5.26. The fourth-order valence-corrected chi connectivity index (χ4v) is 2.48. The number of rotatable bonds is 4. The van der Waals surface area contributed by atoms with E-state index in [2.05, 4.69) is 35.7 Å². The zero-order valence-corrected chi connectivity index (χ0v) is 12.2. The molecule has 0 saturated carbocycles. The van der Waals surface area contributed by atoms with Crippen LogP contribution in [-0.2, 0) is 7.05 Å².